The highest BCUT2D eigenvalue weighted by Gasteiger charge is 2.16. The van der Waals surface area contributed by atoms with Crippen LogP contribution in [0, 0.1) is 0 Å². The zero-order chi connectivity index (χ0) is 17.2. The summed E-state index contributed by atoms with van der Waals surface area (Å²) >= 11 is 9.21. The Balaban J connectivity index is 1.56. The smallest absolute Gasteiger partial charge is 0.260 e. The predicted octanol–water partition coefficient (Wildman–Crippen LogP) is 4.72. The van der Waals surface area contributed by atoms with Crippen molar-refractivity contribution in [2.75, 3.05) is 12.4 Å². The number of halogens is 1. The number of rotatable bonds is 5. The highest BCUT2D eigenvalue weighted by Crippen LogP contribution is 2.31. The van der Waals surface area contributed by atoms with E-state index in [9.17, 15) is 4.79 Å². The van der Waals surface area contributed by atoms with E-state index in [0.29, 0.717) is 22.3 Å². The van der Waals surface area contributed by atoms with E-state index in [0.717, 1.165) is 47.0 Å². The van der Waals surface area contributed by atoms with Crippen molar-refractivity contribution in [3.05, 3.63) is 50.8 Å². The first-order valence-corrected chi connectivity index (χ1v) is 10.6. The van der Waals surface area contributed by atoms with Crippen molar-refractivity contribution >= 4 is 44.9 Å². The maximum atomic E-state index is 12.6. The Morgan fingerprint density at radius 2 is 2.20 bits per heavy atom. The van der Waals surface area contributed by atoms with Gasteiger partial charge in [0, 0.05) is 28.3 Å². The third-order valence-corrected chi connectivity index (χ3v) is 6.42. The van der Waals surface area contributed by atoms with E-state index in [2.05, 4.69) is 9.97 Å². The molecular weight excluding hydrogens is 376 g/mol. The molecule has 4 nitrogen and oxygen atoms in total. The van der Waals surface area contributed by atoms with Gasteiger partial charge >= 0.3 is 0 Å². The molecule has 0 saturated carbocycles. The molecule has 3 heterocycles. The molecule has 130 valence electrons. The van der Waals surface area contributed by atoms with E-state index in [1.165, 1.54) is 11.3 Å². The number of aromatic nitrogens is 2. The van der Waals surface area contributed by atoms with Crippen LogP contribution in [0.15, 0.2) is 34.4 Å². The van der Waals surface area contributed by atoms with Gasteiger partial charge in [0.15, 0.2) is 0 Å². The van der Waals surface area contributed by atoms with Crippen LogP contribution in [-0.2, 0) is 10.5 Å². The molecule has 25 heavy (non-hydrogen) atoms. The molecule has 1 aliphatic heterocycles. The molecule has 0 radical (unpaired) electrons. The Hall–Kier alpha value is -1.34. The number of aromatic amines is 1. The minimum absolute atomic E-state index is 0.0797. The molecule has 3 aromatic rings. The molecule has 0 spiro atoms. The minimum atomic E-state index is -0.0797. The van der Waals surface area contributed by atoms with Crippen LogP contribution in [0.25, 0.3) is 21.3 Å². The number of thioether (sulfide) groups is 1. The lowest BCUT2D eigenvalue weighted by Gasteiger charge is -2.08. The van der Waals surface area contributed by atoms with Crippen LogP contribution in [-0.4, -0.2) is 28.4 Å². The molecule has 4 rings (SSSR count). The second-order valence-electron chi connectivity index (χ2n) is 6.00. The molecule has 0 amide bonds. The molecule has 0 bridgehead atoms. The number of ether oxygens (including phenoxy) is 1. The maximum absolute atomic E-state index is 12.6. The number of hydrogen-bond acceptors (Lipinski definition) is 5. The van der Waals surface area contributed by atoms with E-state index < -0.39 is 0 Å². The third-order valence-electron chi connectivity index (χ3n) is 4.21. The predicted molar refractivity (Wildman–Crippen MR) is 106 cm³/mol. The van der Waals surface area contributed by atoms with Gasteiger partial charge in [-0.2, -0.15) is 11.8 Å². The van der Waals surface area contributed by atoms with E-state index in [-0.39, 0.29) is 5.56 Å². The molecule has 1 fully saturated rings. The molecule has 7 heteroatoms. The first-order valence-electron chi connectivity index (χ1n) is 8.16. The normalized spacial score (nSPS) is 17.4. The summed E-state index contributed by atoms with van der Waals surface area (Å²) in [6.45, 7) is 0.870. The summed E-state index contributed by atoms with van der Waals surface area (Å²) in [5, 5.41) is 3.32. The van der Waals surface area contributed by atoms with Gasteiger partial charge in [-0.25, -0.2) is 4.98 Å². The maximum Gasteiger partial charge on any atom is 0.260 e. The SMILES string of the molecule is O=c1[nH]c(CSC[C@@H]2CCCO2)nc2scc(-c3ccc(Cl)cc3)c12. The summed E-state index contributed by atoms with van der Waals surface area (Å²) in [4.78, 5) is 20.9. The zero-order valence-electron chi connectivity index (χ0n) is 13.5. The highest BCUT2D eigenvalue weighted by molar-refractivity contribution is 7.98. The van der Waals surface area contributed by atoms with Crippen molar-refractivity contribution in [3.8, 4) is 11.1 Å². The molecule has 1 aliphatic rings. The average Bonchev–Trinajstić information content (AvgIpc) is 3.25. The molecule has 1 saturated heterocycles. The first-order chi connectivity index (χ1) is 12.2. The lowest BCUT2D eigenvalue weighted by Crippen LogP contribution is -2.12. The van der Waals surface area contributed by atoms with Gasteiger partial charge < -0.3 is 9.72 Å². The third kappa shape index (κ3) is 3.77. The van der Waals surface area contributed by atoms with Crippen LogP contribution in [0.4, 0.5) is 0 Å². The number of thiophene rings is 1. The number of hydrogen-bond donors (Lipinski definition) is 1. The van der Waals surface area contributed by atoms with Crippen LogP contribution >= 0.6 is 34.7 Å². The molecule has 1 aromatic carbocycles. The van der Waals surface area contributed by atoms with Crippen molar-refractivity contribution in [3.63, 3.8) is 0 Å². The first kappa shape index (κ1) is 17.1. The summed E-state index contributed by atoms with van der Waals surface area (Å²) in [5.41, 5.74) is 1.80. The van der Waals surface area contributed by atoms with Crippen molar-refractivity contribution < 1.29 is 4.74 Å². The summed E-state index contributed by atoms with van der Waals surface area (Å²) in [5.74, 6) is 2.37. The number of benzene rings is 1. The number of fused-ring (bicyclic) bond motifs is 1. The molecule has 2 aromatic heterocycles. The Morgan fingerprint density at radius 3 is 2.96 bits per heavy atom. The summed E-state index contributed by atoms with van der Waals surface area (Å²) in [6, 6.07) is 7.51. The largest absolute Gasteiger partial charge is 0.377 e. The van der Waals surface area contributed by atoms with E-state index in [1.807, 2.05) is 29.6 Å². The summed E-state index contributed by atoms with van der Waals surface area (Å²) < 4.78 is 5.63. The van der Waals surface area contributed by atoms with Crippen molar-refractivity contribution in [2.45, 2.75) is 24.7 Å². The standard InChI is InChI=1S/C18H17ClN2O2S2/c19-12-5-3-11(4-6-12)14-9-25-18-16(14)17(22)20-15(21-18)10-24-8-13-2-1-7-23-13/h3-6,9,13H,1-2,7-8,10H2,(H,20,21,22)/t13-/m0/s1. The van der Waals surface area contributed by atoms with Crippen molar-refractivity contribution in [2.24, 2.45) is 0 Å². The molecular formula is C18H17ClN2O2S2. The average molecular weight is 393 g/mol. The fourth-order valence-electron chi connectivity index (χ4n) is 2.97. The van der Waals surface area contributed by atoms with Gasteiger partial charge in [-0.05, 0) is 30.5 Å². The zero-order valence-corrected chi connectivity index (χ0v) is 15.8. The van der Waals surface area contributed by atoms with Gasteiger partial charge in [-0.15, -0.1) is 11.3 Å². The van der Waals surface area contributed by atoms with Gasteiger partial charge in [0.2, 0.25) is 0 Å². The molecule has 0 aliphatic carbocycles. The Kier molecular flexibility index (Phi) is 5.12. The highest BCUT2D eigenvalue weighted by atomic mass is 35.5. The van der Waals surface area contributed by atoms with Gasteiger partial charge in [0.1, 0.15) is 10.7 Å². The van der Waals surface area contributed by atoms with Crippen LogP contribution in [0.1, 0.15) is 18.7 Å². The Morgan fingerprint density at radius 1 is 1.36 bits per heavy atom. The Bertz CT molecular complexity index is 930. The minimum Gasteiger partial charge on any atom is -0.377 e. The second kappa shape index (κ2) is 7.50. The second-order valence-corrected chi connectivity index (χ2v) is 8.32. The van der Waals surface area contributed by atoms with Crippen LogP contribution in [0.3, 0.4) is 0 Å². The molecule has 0 unspecified atom stereocenters. The van der Waals surface area contributed by atoms with Crippen LogP contribution in [0.5, 0.6) is 0 Å². The topological polar surface area (TPSA) is 55.0 Å². The van der Waals surface area contributed by atoms with E-state index >= 15 is 0 Å². The Labute approximate surface area is 158 Å². The fourth-order valence-corrected chi connectivity index (χ4v) is 5.03. The lowest BCUT2D eigenvalue weighted by molar-refractivity contribution is 0.129. The molecule has 1 atom stereocenters. The molecule has 1 N–H and O–H groups in total. The van der Waals surface area contributed by atoms with Crippen molar-refractivity contribution in [1.82, 2.24) is 9.97 Å². The van der Waals surface area contributed by atoms with Gasteiger partial charge in [0.25, 0.3) is 5.56 Å². The number of nitrogens with one attached hydrogen (secondary N) is 1. The fraction of sp³-hybridized carbons (Fsp3) is 0.333. The lowest BCUT2D eigenvalue weighted by atomic mass is 10.1. The van der Waals surface area contributed by atoms with Crippen molar-refractivity contribution in [1.29, 1.82) is 0 Å². The quantitative estimate of drug-likeness (QED) is 0.682. The van der Waals surface area contributed by atoms with E-state index in [1.54, 1.807) is 11.8 Å². The van der Waals surface area contributed by atoms with E-state index in [4.69, 9.17) is 16.3 Å². The van der Waals surface area contributed by atoms with Gasteiger partial charge in [-0.3, -0.25) is 4.79 Å². The number of nitrogens with zero attached hydrogens (tertiary/aromatic N) is 1. The van der Waals surface area contributed by atoms with Gasteiger partial charge in [0.05, 0.1) is 17.2 Å². The summed E-state index contributed by atoms with van der Waals surface area (Å²) in [7, 11) is 0. The monoisotopic (exact) mass is 392 g/mol. The van der Waals surface area contributed by atoms with Crippen LogP contribution in [0.2, 0.25) is 5.02 Å². The van der Waals surface area contributed by atoms with Crippen LogP contribution < -0.4 is 5.56 Å². The number of H-pyrrole nitrogens is 1. The summed E-state index contributed by atoms with van der Waals surface area (Å²) in [6.07, 6.45) is 2.62. The van der Waals surface area contributed by atoms with Gasteiger partial charge in [-0.1, -0.05) is 23.7 Å².